The molecule has 0 unspecified atom stereocenters. The Morgan fingerprint density at radius 2 is 2.25 bits per heavy atom. The van der Waals surface area contributed by atoms with Gasteiger partial charge < -0.3 is 10.0 Å². The summed E-state index contributed by atoms with van der Waals surface area (Å²) in [4.78, 5) is 21.5. The van der Waals surface area contributed by atoms with Gasteiger partial charge in [0, 0.05) is 24.2 Å². The fourth-order valence-electron chi connectivity index (χ4n) is 1.12. The molecule has 0 aliphatic rings. The number of nitrogens with zero attached hydrogens (tertiary/aromatic N) is 2. The number of amides is 1. The van der Waals surface area contributed by atoms with Crippen LogP contribution in [-0.2, 0) is 6.54 Å². The summed E-state index contributed by atoms with van der Waals surface area (Å²) < 4.78 is 0. The lowest BCUT2D eigenvalue weighted by atomic mass is 10.2. The molecule has 0 bridgehead atoms. The second kappa shape index (κ2) is 4.80. The number of benzene rings is 1. The van der Waals surface area contributed by atoms with Gasteiger partial charge in [0.2, 0.25) is 0 Å². The lowest BCUT2D eigenvalue weighted by Crippen LogP contribution is -2.24. The summed E-state index contributed by atoms with van der Waals surface area (Å²) >= 11 is 5.81. The first-order valence-electron chi connectivity index (χ1n) is 4.28. The number of nitro benzene ring substituents is 1. The van der Waals surface area contributed by atoms with E-state index in [2.05, 4.69) is 0 Å². The minimum atomic E-state index is -1.12. The Hall–Kier alpha value is -1.82. The predicted molar refractivity (Wildman–Crippen MR) is 57.6 cm³/mol. The van der Waals surface area contributed by atoms with E-state index >= 15 is 0 Å². The van der Waals surface area contributed by atoms with Crippen LogP contribution in [0.3, 0.4) is 0 Å². The molecular weight excluding hydrogens is 236 g/mol. The number of carbonyl (C=O) groups is 1. The van der Waals surface area contributed by atoms with Gasteiger partial charge in [0.05, 0.1) is 11.5 Å². The van der Waals surface area contributed by atoms with Crippen molar-refractivity contribution in [1.82, 2.24) is 4.90 Å². The summed E-state index contributed by atoms with van der Waals surface area (Å²) in [5.74, 6) is 0. The lowest BCUT2D eigenvalue weighted by Gasteiger charge is -2.13. The number of halogens is 1. The Morgan fingerprint density at radius 3 is 2.75 bits per heavy atom. The number of carboxylic acid groups (broad SMARTS) is 1. The molecule has 0 atom stereocenters. The largest absolute Gasteiger partial charge is 0.465 e. The zero-order valence-electron chi connectivity index (χ0n) is 8.38. The molecule has 1 N–H and O–H groups in total. The Kier molecular flexibility index (Phi) is 3.68. The maximum Gasteiger partial charge on any atom is 0.407 e. The molecule has 0 aliphatic heterocycles. The molecule has 86 valence electrons. The summed E-state index contributed by atoms with van der Waals surface area (Å²) in [7, 11) is 1.36. The highest BCUT2D eigenvalue weighted by Gasteiger charge is 2.13. The van der Waals surface area contributed by atoms with Gasteiger partial charge in [-0.25, -0.2) is 4.79 Å². The summed E-state index contributed by atoms with van der Waals surface area (Å²) in [6.07, 6.45) is -1.12. The third-order valence-corrected chi connectivity index (χ3v) is 2.34. The minimum absolute atomic E-state index is 0.00977. The highest BCUT2D eigenvalue weighted by Crippen LogP contribution is 2.23. The quantitative estimate of drug-likeness (QED) is 0.653. The molecule has 0 fully saturated rings. The zero-order chi connectivity index (χ0) is 12.3. The first-order valence-corrected chi connectivity index (χ1v) is 4.66. The standard InChI is InChI=1S/C9H9ClN2O4/c1-11(9(13)14)5-6-4-7(12(15)16)2-3-8(6)10/h2-4H,5H2,1H3,(H,13,14). The summed E-state index contributed by atoms with van der Waals surface area (Å²) in [5.41, 5.74) is 0.291. The monoisotopic (exact) mass is 244 g/mol. The van der Waals surface area contributed by atoms with Crippen LogP contribution < -0.4 is 0 Å². The molecule has 0 aromatic heterocycles. The molecular formula is C9H9ClN2O4. The van der Waals surface area contributed by atoms with E-state index in [1.165, 1.54) is 25.2 Å². The van der Waals surface area contributed by atoms with Gasteiger partial charge in [-0.15, -0.1) is 0 Å². The average molecular weight is 245 g/mol. The number of hydrogen-bond acceptors (Lipinski definition) is 3. The zero-order valence-corrected chi connectivity index (χ0v) is 9.14. The highest BCUT2D eigenvalue weighted by atomic mass is 35.5. The number of hydrogen-bond donors (Lipinski definition) is 1. The van der Waals surface area contributed by atoms with Crippen molar-refractivity contribution in [3.05, 3.63) is 38.9 Å². The lowest BCUT2D eigenvalue weighted by molar-refractivity contribution is -0.384. The normalized spacial score (nSPS) is 9.88. The van der Waals surface area contributed by atoms with E-state index < -0.39 is 11.0 Å². The van der Waals surface area contributed by atoms with Crippen LogP contribution in [0.1, 0.15) is 5.56 Å². The Morgan fingerprint density at radius 1 is 1.62 bits per heavy atom. The molecule has 7 heteroatoms. The molecule has 1 aromatic carbocycles. The molecule has 1 rings (SSSR count). The van der Waals surface area contributed by atoms with Crippen molar-refractivity contribution in [3.8, 4) is 0 Å². The molecule has 1 aromatic rings. The molecule has 16 heavy (non-hydrogen) atoms. The summed E-state index contributed by atoms with van der Waals surface area (Å²) in [6, 6.07) is 3.92. The fraction of sp³-hybridized carbons (Fsp3) is 0.222. The SMILES string of the molecule is CN(Cc1cc([N+](=O)[O-])ccc1Cl)C(=O)O. The second-order valence-electron chi connectivity index (χ2n) is 3.17. The van der Waals surface area contributed by atoms with Crippen molar-refractivity contribution < 1.29 is 14.8 Å². The van der Waals surface area contributed by atoms with Crippen molar-refractivity contribution in [1.29, 1.82) is 0 Å². The van der Waals surface area contributed by atoms with Gasteiger partial charge in [0.25, 0.3) is 5.69 Å². The number of nitro groups is 1. The molecule has 6 nitrogen and oxygen atoms in total. The van der Waals surface area contributed by atoms with Crippen molar-refractivity contribution >= 4 is 23.4 Å². The molecule has 1 amide bonds. The van der Waals surface area contributed by atoms with Crippen LogP contribution in [0.4, 0.5) is 10.5 Å². The second-order valence-corrected chi connectivity index (χ2v) is 3.58. The molecule has 0 spiro atoms. The van der Waals surface area contributed by atoms with Gasteiger partial charge >= 0.3 is 6.09 Å². The molecule has 0 radical (unpaired) electrons. The van der Waals surface area contributed by atoms with Gasteiger partial charge in [0.15, 0.2) is 0 Å². The Bertz CT molecular complexity index is 436. The van der Waals surface area contributed by atoms with Crippen molar-refractivity contribution in [2.45, 2.75) is 6.54 Å². The van der Waals surface area contributed by atoms with Crippen LogP contribution in [-0.4, -0.2) is 28.1 Å². The smallest absolute Gasteiger partial charge is 0.407 e. The topological polar surface area (TPSA) is 83.7 Å². The molecule has 0 aliphatic carbocycles. The highest BCUT2D eigenvalue weighted by molar-refractivity contribution is 6.31. The van der Waals surface area contributed by atoms with Crippen molar-refractivity contribution in [2.75, 3.05) is 7.05 Å². The van der Waals surface area contributed by atoms with Crippen LogP contribution in [0.15, 0.2) is 18.2 Å². The van der Waals surface area contributed by atoms with Crippen LogP contribution in [0, 0.1) is 10.1 Å². The van der Waals surface area contributed by atoms with E-state index in [0.717, 1.165) is 4.90 Å². The fourth-order valence-corrected chi connectivity index (χ4v) is 1.30. The van der Waals surface area contributed by atoms with E-state index in [1.54, 1.807) is 0 Å². The minimum Gasteiger partial charge on any atom is -0.465 e. The molecule has 0 heterocycles. The van der Waals surface area contributed by atoms with Crippen molar-refractivity contribution in [2.24, 2.45) is 0 Å². The summed E-state index contributed by atoms with van der Waals surface area (Å²) in [5, 5.41) is 19.5. The third-order valence-electron chi connectivity index (χ3n) is 1.97. The van der Waals surface area contributed by atoms with E-state index in [1.807, 2.05) is 0 Å². The maximum atomic E-state index is 10.6. The van der Waals surface area contributed by atoms with Crippen LogP contribution in [0.25, 0.3) is 0 Å². The Balaban J connectivity index is 2.98. The van der Waals surface area contributed by atoms with Crippen LogP contribution in [0.5, 0.6) is 0 Å². The van der Waals surface area contributed by atoms with E-state index in [9.17, 15) is 14.9 Å². The van der Waals surface area contributed by atoms with E-state index in [-0.39, 0.29) is 12.2 Å². The average Bonchev–Trinajstić information content (AvgIpc) is 2.20. The molecule has 0 saturated heterocycles. The Labute approximate surface area is 96.2 Å². The first kappa shape index (κ1) is 12.3. The maximum absolute atomic E-state index is 10.6. The first-order chi connectivity index (χ1) is 7.41. The summed E-state index contributed by atoms with van der Waals surface area (Å²) in [6.45, 7) is 0.00977. The van der Waals surface area contributed by atoms with Gasteiger partial charge in [-0.1, -0.05) is 11.6 Å². The number of rotatable bonds is 3. The molecule has 0 saturated carbocycles. The predicted octanol–water partition coefficient (Wildman–Crippen LogP) is 2.36. The van der Waals surface area contributed by atoms with Gasteiger partial charge in [0.1, 0.15) is 0 Å². The van der Waals surface area contributed by atoms with Gasteiger partial charge in [-0.05, 0) is 11.6 Å². The van der Waals surface area contributed by atoms with Gasteiger partial charge in [-0.3, -0.25) is 10.1 Å². The van der Waals surface area contributed by atoms with E-state index in [0.29, 0.717) is 10.6 Å². The van der Waals surface area contributed by atoms with Crippen LogP contribution in [0.2, 0.25) is 5.02 Å². The third kappa shape index (κ3) is 2.83. The number of non-ortho nitro benzene ring substituents is 1. The van der Waals surface area contributed by atoms with Gasteiger partial charge in [-0.2, -0.15) is 0 Å². The van der Waals surface area contributed by atoms with E-state index in [4.69, 9.17) is 16.7 Å². The van der Waals surface area contributed by atoms with Crippen LogP contribution >= 0.6 is 11.6 Å². The van der Waals surface area contributed by atoms with Crippen molar-refractivity contribution in [3.63, 3.8) is 0 Å².